The molecule has 0 saturated carbocycles. The van der Waals surface area contributed by atoms with Crippen molar-refractivity contribution >= 4 is 39.1 Å². The van der Waals surface area contributed by atoms with E-state index >= 15 is 0 Å². The highest BCUT2D eigenvalue weighted by Crippen LogP contribution is 2.26. The van der Waals surface area contributed by atoms with Crippen LogP contribution < -0.4 is 10.2 Å². The van der Waals surface area contributed by atoms with Crippen LogP contribution in [0.4, 0.5) is 11.4 Å². The Labute approximate surface area is 205 Å². The molecular weight excluding hydrogens is 434 g/mol. The molecule has 35 heavy (non-hydrogen) atoms. The second kappa shape index (κ2) is 9.22. The fraction of sp³-hybridized carbons (Fsp3) is 0.207. The molecule has 1 N–H and O–H groups in total. The Bertz CT molecular complexity index is 1550. The monoisotopic (exact) mass is 463 g/mol. The molecule has 5 aromatic rings. The van der Waals surface area contributed by atoms with Crippen LogP contribution in [0.1, 0.15) is 35.3 Å². The Morgan fingerprint density at radius 2 is 1.54 bits per heavy atom. The lowest BCUT2D eigenvalue weighted by Gasteiger charge is -2.22. The number of aromatic nitrogens is 3. The van der Waals surface area contributed by atoms with Crippen LogP contribution in [0.25, 0.3) is 27.5 Å². The van der Waals surface area contributed by atoms with Crippen molar-refractivity contribution in [1.29, 1.82) is 0 Å². The summed E-state index contributed by atoms with van der Waals surface area (Å²) in [5.41, 5.74) is 7.06. The van der Waals surface area contributed by atoms with Gasteiger partial charge >= 0.3 is 0 Å². The van der Waals surface area contributed by atoms with Crippen LogP contribution in [0.15, 0.2) is 72.8 Å². The molecule has 0 atom stereocenters. The van der Waals surface area contributed by atoms with Gasteiger partial charge in [-0.3, -0.25) is 4.79 Å². The average Bonchev–Trinajstić information content (AvgIpc) is 3.27. The quantitative estimate of drug-likeness (QED) is 0.321. The minimum atomic E-state index is -0.145. The Morgan fingerprint density at radius 1 is 0.829 bits per heavy atom. The van der Waals surface area contributed by atoms with Gasteiger partial charge < -0.3 is 10.2 Å². The number of carbonyl (C=O) groups is 1. The van der Waals surface area contributed by atoms with E-state index in [1.807, 2.05) is 61.5 Å². The van der Waals surface area contributed by atoms with Crippen molar-refractivity contribution in [2.45, 2.75) is 27.7 Å². The zero-order valence-electron chi connectivity index (χ0n) is 20.5. The van der Waals surface area contributed by atoms with Gasteiger partial charge in [0.15, 0.2) is 0 Å². The molecule has 5 rings (SSSR count). The molecule has 0 unspecified atom stereocenters. The molecule has 1 amide bonds. The van der Waals surface area contributed by atoms with E-state index in [9.17, 15) is 4.79 Å². The largest absolute Gasteiger partial charge is 0.372 e. The molecule has 0 aliphatic rings. The number of hydrogen-bond donors (Lipinski definition) is 1. The highest BCUT2D eigenvalue weighted by atomic mass is 16.1. The zero-order chi connectivity index (χ0) is 24.5. The van der Waals surface area contributed by atoms with Gasteiger partial charge in [-0.2, -0.15) is 4.80 Å². The molecule has 176 valence electrons. The molecule has 6 heteroatoms. The van der Waals surface area contributed by atoms with Gasteiger partial charge in [-0.1, -0.05) is 30.3 Å². The lowest BCUT2D eigenvalue weighted by molar-refractivity contribution is 0.102. The summed E-state index contributed by atoms with van der Waals surface area (Å²) in [6.45, 7) is 10.3. The molecule has 0 bridgehead atoms. The number of anilines is 2. The highest BCUT2D eigenvalue weighted by Gasteiger charge is 2.14. The van der Waals surface area contributed by atoms with E-state index in [0.717, 1.165) is 57.4 Å². The normalized spacial score (nSPS) is 11.2. The van der Waals surface area contributed by atoms with Crippen molar-refractivity contribution in [2.75, 3.05) is 23.3 Å². The molecule has 0 aliphatic heterocycles. The van der Waals surface area contributed by atoms with Crippen molar-refractivity contribution in [3.8, 4) is 5.69 Å². The van der Waals surface area contributed by atoms with Crippen LogP contribution in [-0.2, 0) is 0 Å². The number of aryl methyl sites for hydroxylation is 2. The number of nitrogens with zero attached hydrogens (tertiary/aromatic N) is 4. The summed E-state index contributed by atoms with van der Waals surface area (Å²) in [5, 5.41) is 14.6. The standard InChI is InChI=1S/C29H29N5O/c1-5-33(6-2)24-13-14-28(20(4)15-24)34-31-26-16-19(3)25(18-27(26)32-34)30-29(35)23-12-11-21-9-7-8-10-22(21)17-23/h7-18H,5-6H2,1-4H3,(H,30,35). The van der Waals surface area contributed by atoms with E-state index in [0.29, 0.717) is 5.56 Å². The Morgan fingerprint density at radius 3 is 2.26 bits per heavy atom. The smallest absolute Gasteiger partial charge is 0.255 e. The van der Waals surface area contributed by atoms with Gasteiger partial charge in [0.1, 0.15) is 11.0 Å². The van der Waals surface area contributed by atoms with Crippen molar-refractivity contribution in [2.24, 2.45) is 0 Å². The summed E-state index contributed by atoms with van der Waals surface area (Å²) in [5.74, 6) is -0.145. The SMILES string of the molecule is CCN(CC)c1ccc(-n2nc3cc(C)c(NC(=O)c4ccc5ccccc5c4)cc3n2)c(C)c1. The summed E-state index contributed by atoms with van der Waals surface area (Å²) < 4.78 is 0. The predicted molar refractivity (Wildman–Crippen MR) is 144 cm³/mol. The van der Waals surface area contributed by atoms with Crippen LogP contribution in [-0.4, -0.2) is 34.0 Å². The lowest BCUT2D eigenvalue weighted by atomic mass is 10.1. The molecule has 1 heterocycles. The van der Waals surface area contributed by atoms with E-state index in [1.54, 1.807) is 4.80 Å². The minimum absolute atomic E-state index is 0.145. The van der Waals surface area contributed by atoms with Gasteiger partial charge in [-0.15, -0.1) is 10.2 Å². The third kappa shape index (κ3) is 4.35. The maximum atomic E-state index is 13.0. The highest BCUT2D eigenvalue weighted by molar-refractivity contribution is 6.07. The van der Waals surface area contributed by atoms with Crippen LogP contribution in [0.2, 0.25) is 0 Å². The topological polar surface area (TPSA) is 63.1 Å². The third-order valence-electron chi connectivity index (χ3n) is 6.51. The fourth-order valence-corrected chi connectivity index (χ4v) is 4.48. The van der Waals surface area contributed by atoms with E-state index in [1.165, 1.54) is 5.69 Å². The minimum Gasteiger partial charge on any atom is -0.372 e. The molecule has 6 nitrogen and oxygen atoms in total. The second-order valence-corrected chi connectivity index (χ2v) is 8.80. The van der Waals surface area contributed by atoms with Crippen LogP contribution in [0.3, 0.4) is 0 Å². The Hall–Kier alpha value is -4.19. The van der Waals surface area contributed by atoms with Crippen LogP contribution in [0, 0.1) is 13.8 Å². The Kier molecular flexibility index (Phi) is 5.95. The first-order chi connectivity index (χ1) is 17.0. The van der Waals surface area contributed by atoms with Crippen molar-refractivity contribution < 1.29 is 4.79 Å². The number of hydrogen-bond acceptors (Lipinski definition) is 4. The number of benzene rings is 4. The van der Waals surface area contributed by atoms with Crippen molar-refractivity contribution in [3.63, 3.8) is 0 Å². The summed E-state index contributed by atoms with van der Waals surface area (Å²) in [4.78, 5) is 17.0. The first-order valence-corrected chi connectivity index (χ1v) is 12.0. The lowest BCUT2D eigenvalue weighted by Crippen LogP contribution is -2.21. The van der Waals surface area contributed by atoms with Gasteiger partial charge in [0.2, 0.25) is 0 Å². The van der Waals surface area contributed by atoms with E-state index in [4.69, 9.17) is 10.2 Å². The number of rotatable bonds is 6. The fourth-order valence-electron chi connectivity index (χ4n) is 4.48. The third-order valence-corrected chi connectivity index (χ3v) is 6.51. The molecule has 0 spiro atoms. The molecule has 0 saturated heterocycles. The maximum Gasteiger partial charge on any atom is 0.255 e. The number of carbonyl (C=O) groups excluding carboxylic acids is 1. The summed E-state index contributed by atoms with van der Waals surface area (Å²) >= 11 is 0. The van der Waals surface area contributed by atoms with E-state index in [-0.39, 0.29) is 5.91 Å². The van der Waals surface area contributed by atoms with Gasteiger partial charge in [-0.25, -0.2) is 0 Å². The number of amides is 1. The first kappa shape index (κ1) is 22.6. The average molecular weight is 464 g/mol. The zero-order valence-corrected chi connectivity index (χ0v) is 20.5. The summed E-state index contributed by atoms with van der Waals surface area (Å²) in [7, 11) is 0. The van der Waals surface area contributed by atoms with E-state index in [2.05, 4.69) is 49.2 Å². The van der Waals surface area contributed by atoms with Crippen molar-refractivity contribution in [3.05, 3.63) is 89.5 Å². The van der Waals surface area contributed by atoms with Gasteiger partial charge in [0, 0.05) is 30.0 Å². The predicted octanol–water partition coefficient (Wildman–Crippen LogP) is 6.29. The molecule has 0 radical (unpaired) electrons. The second-order valence-electron chi connectivity index (χ2n) is 8.80. The number of nitrogens with one attached hydrogen (secondary N) is 1. The summed E-state index contributed by atoms with van der Waals surface area (Å²) in [6, 6.07) is 24.0. The molecule has 1 aromatic heterocycles. The van der Waals surface area contributed by atoms with Crippen LogP contribution in [0.5, 0.6) is 0 Å². The maximum absolute atomic E-state index is 13.0. The summed E-state index contributed by atoms with van der Waals surface area (Å²) in [6.07, 6.45) is 0. The molecule has 0 aliphatic carbocycles. The molecule has 4 aromatic carbocycles. The van der Waals surface area contributed by atoms with Gasteiger partial charge in [-0.05, 0) is 92.1 Å². The van der Waals surface area contributed by atoms with Gasteiger partial charge in [0.05, 0.1) is 5.69 Å². The molecule has 0 fully saturated rings. The van der Waals surface area contributed by atoms with Crippen LogP contribution >= 0.6 is 0 Å². The number of fused-ring (bicyclic) bond motifs is 2. The Balaban J connectivity index is 1.44. The first-order valence-electron chi connectivity index (χ1n) is 12.0. The van der Waals surface area contributed by atoms with E-state index < -0.39 is 0 Å². The van der Waals surface area contributed by atoms with Crippen molar-refractivity contribution in [1.82, 2.24) is 15.0 Å². The molecular formula is C29H29N5O. The van der Waals surface area contributed by atoms with Gasteiger partial charge in [0.25, 0.3) is 5.91 Å².